The minimum Gasteiger partial charge on any atom is -0.481 e. The van der Waals surface area contributed by atoms with Gasteiger partial charge in [-0.2, -0.15) is 0 Å². The molecule has 0 radical (unpaired) electrons. The molecular formula is C27H52N2O4. The van der Waals surface area contributed by atoms with Crippen LogP contribution in [0.3, 0.4) is 0 Å². The van der Waals surface area contributed by atoms with Crippen LogP contribution in [-0.2, 0) is 9.59 Å². The third kappa shape index (κ3) is 16.2. The molecule has 194 valence electrons. The quantitative estimate of drug-likeness (QED) is 0.205. The van der Waals surface area contributed by atoms with Gasteiger partial charge in [0.2, 0.25) is 0 Å². The van der Waals surface area contributed by atoms with Crippen LogP contribution in [0.5, 0.6) is 0 Å². The van der Waals surface area contributed by atoms with E-state index in [4.69, 9.17) is 21.7 Å². The van der Waals surface area contributed by atoms with E-state index in [1.165, 1.54) is 70.6 Å². The Hall–Kier alpha value is -1.14. The molecule has 33 heavy (non-hydrogen) atoms. The highest BCUT2D eigenvalue weighted by Gasteiger charge is 2.21. The Balaban J connectivity index is 0.000000331. The number of nitrogens with two attached hydrogens (primary N) is 2. The lowest BCUT2D eigenvalue weighted by atomic mass is 9.80. The minimum absolute atomic E-state index is 0.159. The van der Waals surface area contributed by atoms with Crippen LogP contribution in [0.2, 0.25) is 0 Å². The van der Waals surface area contributed by atoms with E-state index in [-0.39, 0.29) is 24.7 Å². The monoisotopic (exact) mass is 468 g/mol. The Bertz CT molecular complexity index is 534. The molecule has 0 unspecified atom stereocenters. The van der Waals surface area contributed by atoms with Crippen LogP contribution in [0.1, 0.15) is 110 Å². The minimum atomic E-state index is -0.722. The molecule has 2 aliphatic rings. The molecule has 0 aromatic rings. The predicted octanol–water partition coefficient (Wildman–Crippen LogP) is 5.68. The first kappa shape index (κ1) is 29.9. The van der Waals surface area contributed by atoms with Crippen LogP contribution in [0, 0.1) is 35.5 Å². The van der Waals surface area contributed by atoms with Crippen molar-refractivity contribution in [2.75, 3.05) is 13.1 Å². The maximum absolute atomic E-state index is 10.6. The summed E-state index contributed by atoms with van der Waals surface area (Å²) < 4.78 is 0. The van der Waals surface area contributed by atoms with Gasteiger partial charge in [0.25, 0.3) is 0 Å². The van der Waals surface area contributed by atoms with Crippen molar-refractivity contribution in [3.05, 3.63) is 0 Å². The summed E-state index contributed by atoms with van der Waals surface area (Å²) in [6.45, 7) is 5.45. The fourth-order valence-corrected chi connectivity index (χ4v) is 5.09. The molecular weight excluding hydrogens is 416 g/mol. The Morgan fingerprint density at radius 2 is 1.15 bits per heavy atom. The summed E-state index contributed by atoms with van der Waals surface area (Å²) in [7, 11) is 0. The van der Waals surface area contributed by atoms with E-state index in [2.05, 4.69) is 13.8 Å². The molecule has 0 saturated heterocycles. The van der Waals surface area contributed by atoms with Gasteiger partial charge in [-0.15, -0.1) is 0 Å². The highest BCUT2D eigenvalue weighted by Crippen LogP contribution is 2.35. The molecule has 6 nitrogen and oxygen atoms in total. The van der Waals surface area contributed by atoms with E-state index in [0.29, 0.717) is 24.9 Å². The van der Waals surface area contributed by atoms with Gasteiger partial charge in [-0.05, 0) is 61.4 Å². The maximum Gasteiger partial charge on any atom is 0.303 e. The Morgan fingerprint density at radius 3 is 1.42 bits per heavy atom. The SMILES string of the molecule is C[C@H](CCCC1CC1)C[C@H](CN)CC(=O)O.C[C@H](CCCC1CCC1)C[C@H](CN)CC(=O)O. The fourth-order valence-electron chi connectivity index (χ4n) is 5.09. The zero-order valence-corrected chi connectivity index (χ0v) is 21.4. The summed E-state index contributed by atoms with van der Waals surface area (Å²) in [6, 6.07) is 0. The lowest BCUT2D eigenvalue weighted by Gasteiger charge is -2.26. The number of aliphatic carboxylic acids is 2. The zero-order chi connectivity index (χ0) is 24.6. The van der Waals surface area contributed by atoms with E-state index in [1.807, 2.05) is 0 Å². The van der Waals surface area contributed by atoms with Gasteiger partial charge in [-0.3, -0.25) is 9.59 Å². The highest BCUT2D eigenvalue weighted by molar-refractivity contribution is 5.67. The first-order valence-electron chi connectivity index (χ1n) is 13.6. The number of rotatable bonds is 18. The van der Waals surface area contributed by atoms with Gasteiger partial charge in [-0.25, -0.2) is 0 Å². The van der Waals surface area contributed by atoms with Gasteiger partial charge < -0.3 is 21.7 Å². The van der Waals surface area contributed by atoms with Gasteiger partial charge in [0, 0.05) is 12.8 Å². The largest absolute Gasteiger partial charge is 0.481 e. The molecule has 6 N–H and O–H groups in total. The molecule has 2 aliphatic carbocycles. The van der Waals surface area contributed by atoms with Crippen molar-refractivity contribution in [2.24, 2.45) is 47.0 Å². The first-order valence-corrected chi connectivity index (χ1v) is 13.6. The van der Waals surface area contributed by atoms with E-state index in [9.17, 15) is 9.59 Å². The molecule has 0 spiro atoms. The molecule has 2 rings (SSSR count). The second-order valence-electron chi connectivity index (χ2n) is 11.2. The molecule has 0 heterocycles. The third-order valence-corrected chi connectivity index (χ3v) is 7.60. The number of carboxylic acid groups (broad SMARTS) is 2. The van der Waals surface area contributed by atoms with E-state index in [1.54, 1.807) is 0 Å². The van der Waals surface area contributed by atoms with Crippen LogP contribution >= 0.6 is 0 Å². The summed E-state index contributed by atoms with van der Waals surface area (Å²) >= 11 is 0. The van der Waals surface area contributed by atoms with E-state index >= 15 is 0 Å². The highest BCUT2D eigenvalue weighted by atomic mass is 16.4. The number of carboxylic acids is 2. The topological polar surface area (TPSA) is 127 Å². The van der Waals surface area contributed by atoms with Crippen molar-refractivity contribution in [2.45, 2.75) is 110 Å². The van der Waals surface area contributed by atoms with Gasteiger partial charge >= 0.3 is 11.9 Å². The standard InChI is InChI=1S/C14H27NO2.C13H25NO2/c1-11(4-2-5-12-6-3-7-12)8-13(10-15)9-14(16)17;1-10(3-2-4-11-5-6-11)7-12(9-14)8-13(15)16/h11-13H,2-10,15H2,1H3,(H,16,17);10-12H,2-9,14H2,1H3,(H,15,16)/t11-,13+;10-,12+/m11/s1. The lowest BCUT2D eigenvalue weighted by Crippen LogP contribution is -2.20. The Morgan fingerprint density at radius 1 is 0.758 bits per heavy atom. The predicted molar refractivity (Wildman–Crippen MR) is 135 cm³/mol. The van der Waals surface area contributed by atoms with Gasteiger partial charge in [0.15, 0.2) is 0 Å². The summed E-state index contributed by atoms with van der Waals surface area (Å²) in [4.78, 5) is 21.3. The van der Waals surface area contributed by atoms with E-state index in [0.717, 1.165) is 24.7 Å². The average Bonchev–Trinajstić information content (AvgIpc) is 3.53. The molecule has 2 saturated carbocycles. The number of hydrogen-bond donors (Lipinski definition) is 4. The van der Waals surface area contributed by atoms with Crippen LogP contribution in [-0.4, -0.2) is 35.2 Å². The van der Waals surface area contributed by atoms with Gasteiger partial charge in [0.1, 0.15) is 0 Å². The number of carbonyl (C=O) groups is 2. The van der Waals surface area contributed by atoms with Crippen molar-refractivity contribution in [1.29, 1.82) is 0 Å². The fraction of sp³-hybridized carbons (Fsp3) is 0.926. The van der Waals surface area contributed by atoms with Crippen molar-refractivity contribution >= 4 is 11.9 Å². The van der Waals surface area contributed by atoms with Gasteiger partial charge in [0.05, 0.1) is 0 Å². The number of hydrogen-bond acceptors (Lipinski definition) is 4. The molecule has 4 atom stereocenters. The molecule has 0 amide bonds. The molecule has 2 fully saturated rings. The smallest absolute Gasteiger partial charge is 0.303 e. The molecule has 6 heteroatoms. The molecule has 0 bridgehead atoms. The normalized spacial score (nSPS) is 19.5. The molecule has 0 aromatic carbocycles. The summed E-state index contributed by atoms with van der Waals surface area (Å²) in [5.74, 6) is 2.11. The second-order valence-corrected chi connectivity index (χ2v) is 11.2. The third-order valence-electron chi connectivity index (χ3n) is 7.60. The molecule has 0 aromatic heterocycles. The first-order chi connectivity index (χ1) is 15.7. The Labute approximate surface area is 202 Å². The van der Waals surface area contributed by atoms with Crippen molar-refractivity contribution in [1.82, 2.24) is 0 Å². The van der Waals surface area contributed by atoms with Crippen molar-refractivity contribution in [3.8, 4) is 0 Å². The maximum atomic E-state index is 10.6. The van der Waals surface area contributed by atoms with Crippen LogP contribution in [0.15, 0.2) is 0 Å². The van der Waals surface area contributed by atoms with Crippen LogP contribution in [0.25, 0.3) is 0 Å². The second kappa shape index (κ2) is 17.3. The van der Waals surface area contributed by atoms with Crippen molar-refractivity contribution < 1.29 is 19.8 Å². The Kier molecular flexibility index (Phi) is 15.7. The zero-order valence-electron chi connectivity index (χ0n) is 21.4. The van der Waals surface area contributed by atoms with E-state index < -0.39 is 11.9 Å². The summed E-state index contributed by atoms with van der Waals surface area (Å²) in [5.41, 5.74) is 11.2. The van der Waals surface area contributed by atoms with Crippen LogP contribution < -0.4 is 11.5 Å². The van der Waals surface area contributed by atoms with Crippen LogP contribution in [0.4, 0.5) is 0 Å². The molecule has 0 aliphatic heterocycles. The van der Waals surface area contributed by atoms with Crippen molar-refractivity contribution in [3.63, 3.8) is 0 Å². The lowest BCUT2D eigenvalue weighted by molar-refractivity contribution is -0.139. The van der Waals surface area contributed by atoms with Gasteiger partial charge in [-0.1, -0.05) is 84.5 Å². The average molecular weight is 469 g/mol. The summed E-state index contributed by atoms with van der Waals surface area (Å²) in [5, 5.41) is 17.5. The summed E-state index contributed by atoms with van der Waals surface area (Å²) in [6.07, 6.45) is 17.3.